The fourth-order valence-electron chi connectivity index (χ4n) is 3.56. The Morgan fingerprint density at radius 1 is 0.824 bits per heavy atom. The van der Waals surface area contributed by atoms with Crippen LogP contribution in [0.3, 0.4) is 0 Å². The molecule has 7 heteroatoms. The summed E-state index contributed by atoms with van der Waals surface area (Å²) in [5, 5.41) is 9.11. The van der Waals surface area contributed by atoms with E-state index in [2.05, 4.69) is 16.0 Å². The molecule has 0 radical (unpaired) electrons. The van der Waals surface area contributed by atoms with Crippen LogP contribution in [0.15, 0.2) is 83.3 Å². The highest BCUT2D eigenvalue weighted by atomic mass is 16.3. The number of nitrogens with one attached hydrogen (secondary N) is 3. The summed E-state index contributed by atoms with van der Waals surface area (Å²) in [4.78, 5) is 36.9. The van der Waals surface area contributed by atoms with E-state index in [1.165, 1.54) is 0 Å². The normalized spacial score (nSPS) is 10.6. The number of hydrogen-bond donors (Lipinski definition) is 3. The van der Waals surface area contributed by atoms with Gasteiger partial charge in [0.1, 0.15) is 5.58 Å². The van der Waals surface area contributed by atoms with Gasteiger partial charge in [-0.05, 0) is 47.9 Å². The van der Waals surface area contributed by atoms with Crippen LogP contribution in [0.5, 0.6) is 0 Å². The van der Waals surface area contributed by atoms with Crippen molar-refractivity contribution in [3.8, 4) is 0 Å². The lowest BCUT2D eigenvalue weighted by Crippen LogP contribution is -2.33. The summed E-state index contributed by atoms with van der Waals surface area (Å²) < 4.78 is 5.58. The molecule has 0 aliphatic rings. The lowest BCUT2D eigenvalue weighted by molar-refractivity contribution is -0.123. The summed E-state index contributed by atoms with van der Waals surface area (Å²) in [6, 6.07) is 23.6. The SMILES string of the molecule is CCc1ccccc1NC(=O)CNC(=O)Cc1ccc(NC(=O)c2cc3ccccc3o2)cc1. The molecule has 7 nitrogen and oxygen atoms in total. The van der Waals surface area contributed by atoms with Crippen molar-refractivity contribution in [3.63, 3.8) is 0 Å². The fraction of sp³-hybridized carbons (Fsp3) is 0.148. The van der Waals surface area contributed by atoms with Gasteiger partial charge in [-0.3, -0.25) is 14.4 Å². The molecule has 0 spiro atoms. The molecule has 3 amide bonds. The van der Waals surface area contributed by atoms with Crippen LogP contribution >= 0.6 is 0 Å². The molecule has 34 heavy (non-hydrogen) atoms. The van der Waals surface area contributed by atoms with Crippen LogP contribution in [0.1, 0.15) is 28.6 Å². The zero-order chi connectivity index (χ0) is 23.9. The summed E-state index contributed by atoms with van der Waals surface area (Å²) in [5.74, 6) is -0.669. The third kappa shape index (κ3) is 5.69. The maximum Gasteiger partial charge on any atom is 0.291 e. The van der Waals surface area contributed by atoms with Gasteiger partial charge in [0, 0.05) is 16.8 Å². The number of carbonyl (C=O) groups is 3. The zero-order valence-corrected chi connectivity index (χ0v) is 18.8. The predicted octanol–water partition coefficient (Wildman–Crippen LogP) is 4.54. The molecule has 1 aromatic heterocycles. The average molecular weight is 456 g/mol. The number of para-hydroxylation sites is 2. The van der Waals surface area contributed by atoms with Crippen LogP contribution in [-0.2, 0) is 22.4 Å². The topological polar surface area (TPSA) is 100 Å². The van der Waals surface area contributed by atoms with Crippen molar-refractivity contribution in [2.45, 2.75) is 19.8 Å². The van der Waals surface area contributed by atoms with E-state index < -0.39 is 0 Å². The molecule has 0 saturated heterocycles. The minimum atomic E-state index is -0.350. The molecule has 3 N–H and O–H groups in total. The Morgan fingerprint density at radius 3 is 2.32 bits per heavy atom. The fourth-order valence-corrected chi connectivity index (χ4v) is 3.56. The molecule has 0 unspecified atom stereocenters. The predicted molar refractivity (Wildman–Crippen MR) is 132 cm³/mol. The van der Waals surface area contributed by atoms with Crippen LogP contribution in [-0.4, -0.2) is 24.3 Å². The van der Waals surface area contributed by atoms with Crippen molar-refractivity contribution in [2.75, 3.05) is 17.2 Å². The Kier molecular flexibility index (Phi) is 7.03. The molecular weight excluding hydrogens is 430 g/mol. The highest BCUT2D eigenvalue weighted by Gasteiger charge is 2.13. The van der Waals surface area contributed by atoms with Gasteiger partial charge in [0.05, 0.1) is 13.0 Å². The standard InChI is InChI=1S/C27H25N3O4/c1-2-19-7-3-5-9-22(19)30-26(32)17-28-25(31)15-18-11-13-21(14-12-18)29-27(33)24-16-20-8-4-6-10-23(20)34-24/h3-14,16H,2,15,17H2,1H3,(H,28,31)(H,29,33)(H,30,32). The van der Waals surface area contributed by atoms with Crippen LogP contribution in [0, 0.1) is 0 Å². The van der Waals surface area contributed by atoms with Crippen LogP contribution in [0.2, 0.25) is 0 Å². The van der Waals surface area contributed by atoms with Crippen molar-refractivity contribution < 1.29 is 18.8 Å². The van der Waals surface area contributed by atoms with Gasteiger partial charge >= 0.3 is 0 Å². The van der Waals surface area contributed by atoms with E-state index >= 15 is 0 Å². The summed E-state index contributed by atoms with van der Waals surface area (Å²) in [5.41, 5.74) is 3.79. The summed E-state index contributed by atoms with van der Waals surface area (Å²) >= 11 is 0. The van der Waals surface area contributed by atoms with E-state index in [1.807, 2.05) is 49.4 Å². The highest BCUT2D eigenvalue weighted by Crippen LogP contribution is 2.20. The lowest BCUT2D eigenvalue weighted by Gasteiger charge is -2.10. The molecule has 0 aliphatic heterocycles. The summed E-state index contributed by atoms with van der Waals surface area (Å²) in [6.07, 6.45) is 0.925. The Hall–Kier alpha value is -4.39. The number of fused-ring (bicyclic) bond motifs is 1. The molecule has 172 valence electrons. The van der Waals surface area contributed by atoms with Crippen LogP contribution < -0.4 is 16.0 Å². The first-order valence-electron chi connectivity index (χ1n) is 11.0. The number of hydrogen-bond acceptors (Lipinski definition) is 4. The van der Waals surface area contributed by atoms with E-state index in [4.69, 9.17) is 4.42 Å². The third-order valence-corrected chi connectivity index (χ3v) is 5.34. The molecule has 0 aliphatic carbocycles. The number of furan rings is 1. The van der Waals surface area contributed by atoms with Crippen molar-refractivity contribution in [2.24, 2.45) is 0 Å². The minimum absolute atomic E-state index is 0.109. The van der Waals surface area contributed by atoms with Gasteiger partial charge in [-0.2, -0.15) is 0 Å². The van der Waals surface area contributed by atoms with Gasteiger partial charge in [0.2, 0.25) is 11.8 Å². The van der Waals surface area contributed by atoms with Crippen molar-refractivity contribution >= 4 is 40.1 Å². The van der Waals surface area contributed by atoms with E-state index in [-0.39, 0.29) is 36.4 Å². The molecule has 4 rings (SSSR count). The van der Waals surface area contributed by atoms with E-state index in [9.17, 15) is 14.4 Å². The number of aryl methyl sites for hydroxylation is 1. The largest absolute Gasteiger partial charge is 0.451 e. The van der Waals surface area contributed by atoms with Gasteiger partial charge in [-0.15, -0.1) is 0 Å². The number of benzene rings is 3. The number of anilines is 2. The molecule has 3 aromatic carbocycles. The average Bonchev–Trinajstić information content (AvgIpc) is 3.29. The first-order valence-corrected chi connectivity index (χ1v) is 11.0. The van der Waals surface area contributed by atoms with Gasteiger partial charge in [-0.1, -0.05) is 55.5 Å². The second-order valence-corrected chi connectivity index (χ2v) is 7.81. The molecular formula is C27H25N3O4. The minimum Gasteiger partial charge on any atom is -0.451 e. The molecule has 0 saturated carbocycles. The second kappa shape index (κ2) is 10.5. The summed E-state index contributed by atoms with van der Waals surface area (Å²) in [7, 11) is 0. The lowest BCUT2D eigenvalue weighted by atomic mass is 10.1. The van der Waals surface area contributed by atoms with E-state index in [0.29, 0.717) is 11.3 Å². The Balaban J connectivity index is 1.26. The van der Waals surface area contributed by atoms with Crippen molar-refractivity contribution in [1.82, 2.24) is 5.32 Å². The maximum atomic E-state index is 12.5. The smallest absolute Gasteiger partial charge is 0.291 e. The van der Waals surface area contributed by atoms with E-state index in [0.717, 1.165) is 28.6 Å². The molecule has 4 aromatic rings. The van der Waals surface area contributed by atoms with Gasteiger partial charge in [0.15, 0.2) is 5.76 Å². The number of carbonyl (C=O) groups excluding carboxylic acids is 3. The first kappa shape index (κ1) is 22.8. The number of rotatable bonds is 8. The van der Waals surface area contributed by atoms with Gasteiger partial charge < -0.3 is 20.4 Å². The van der Waals surface area contributed by atoms with Crippen molar-refractivity contribution in [3.05, 3.63) is 95.7 Å². The third-order valence-electron chi connectivity index (χ3n) is 5.34. The molecule has 1 heterocycles. The van der Waals surface area contributed by atoms with Crippen LogP contribution in [0.4, 0.5) is 11.4 Å². The quantitative estimate of drug-likeness (QED) is 0.363. The first-order chi connectivity index (χ1) is 16.5. The molecule has 0 bridgehead atoms. The number of amides is 3. The molecule has 0 fully saturated rings. The summed E-state index contributed by atoms with van der Waals surface area (Å²) in [6.45, 7) is 1.91. The van der Waals surface area contributed by atoms with E-state index in [1.54, 1.807) is 36.4 Å². The van der Waals surface area contributed by atoms with Crippen LogP contribution in [0.25, 0.3) is 11.0 Å². The highest BCUT2D eigenvalue weighted by molar-refractivity contribution is 6.04. The maximum absolute atomic E-state index is 12.5. The Bertz CT molecular complexity index is 1290. The monoisotopic (exact) mass is 455 g/mol. The molecule has 0 atom stereocenters. The van der Waals surface area contributed by atoms with Gasteiger partial charge in [-0.25, -0.2) is 0 Å². The van der Waals surface area contributed by atoms with Gasteiger partial charge in [0.25, 0.3) is 5.91 Å². The second-order valence-electron chi connectivity index (χ2n) is 7.81. The Labute approximate surface area is 197 Å². The Morgan fingerprint density at radius 2 is 1.56 bits per heavy atom. The van der Waals surface area contributed by atoms with Crippen molar-refractivity contribution in [1.29, 1.82) is 0 Å². The zero-order valence-electron chi connectivity index (χ0n) is 18.8.